The van der Waals surface area contributed by atoms with Gasteiger partial charge in [0.05, 0.1) is 6.61 Å². The van der Waals surface area contributed by atoms with Crippen LogP contribution in [0.3, 0.4) is 0 Å². The van der Waals surface area contributed by atoms with Crippen molar-refractivity contribution >= 4 is 8.07 Å². The summed E-state index contributed by atoms with van der Waals surface area (Å²) in [5.41, 5.74) is 4.21. The lowest BCUT2D eigenvalue weighted by molar-refractivity contribution is 0.309. The van der Waals surface area contributed by atoms with Crippen LogP contribution in [0.4, 0.5) is 0 Å². The maximum Gasteiger partial charge on any atom is 0.130 e. The molecule has 0 atom stereocenters. The van der Waals surface area contributed by atoms with Gasteiger partial charge in [0.2, 0.25) is 0 Å². The summed E-state index contributed by atoms with van der Waals surface area (Å²) in [6.07, 6.45) is 2.24. The maximum atomic E-state index is 5.60. The van der Waals surface area contributed by atoms with Crippen molar-refractivity contribution in [3.8, 4) is 29.1 Å². The minimum absolute atomic E-state index is 0.781. The van der Waals surface area contributed by atoms with Gasteiger partial charge in [-0.25, -0.2) is 0 Å². The molecule has 0 N–H and O–H groups in total. The largest absolute Gasteiger partial charge is 0.494 e. The molecule has 0 amide bonds. The van der Waals surface area contributed by atoms with Crippen LogP contribution in [-0.2, 0) is 0 Å². The first-order valence-electron chi connectivity index (χ1n) is 6.77. The van der Waals surface area contributed by atoms with Crippen molar-refractivity contribution < 1.29 is 4.74 Å². The highest BCUT2D eigenvalue weighted by Crippen LogP contribution is 2.11. The molecular weight excluding hydrogens is 248 g/mol. The number of hydrogen-bond donors (Lipinski definition) is 0. The lowest BCUT2D eigenvalue weighted by atomic mass is 10.2. The van der Waals surface area contributed by atoms with Crippen LogP contribution in [-0.4, -0.2) is 14.7 Å². The molecule has 0 aliphatic carbocycles. The average molecular weight is 270 g/mol. The Morgan fingerprint density at radius 1 is 1.05 bits per heavy atom. The minimum Gasteiger partial charge on any atom is -0.494 e. The molecule has 0 bridgehead atoms. The molecule has 0 heterocycles. The van der Waals surface area contributed by atoms with E-state index in [1.165, 1.54) is 0 Å². The Morgan fingerprint density at radius 3 is 2.32 bits per heavy atom. The Morgan fingerprint density at radius 2 is 1.74 bits per heavy atom. The molecule has 0 fully saturated rings. The SMILES string of the molecule is CCCCOc1ccc(C#CC#C[Si](C)(C)C)cc1. The van der Waals surface area contributed by atoms with Crippen LogP contribution >= 0.6 is 0 Å². The van der Waals surface area contributed by atoms with Gasteiger partial charge in [-0.05, 0) is 42.5 Å². The topological polar surface area (TPSA) is 9.23 Å². The third-order valence-corrected chi connectivity index (χ3v) is 3.20. The molecule has 2 heteroatoms. The summed E-state index contributed by atoms with van der Waals surface area (Å²) in [5, 5.41) is 0. The standard InChI is InChI=1S/C17H22OSi/c1-5-6-14-18-17-12-10-16(11-13-17)9-7-8-15-19(2,3)4/h10-13H,5-6,14H2,1-4H3. The van der Waals surface area contributed by atoms with Gasteiger partial charge >= 0.3 is 0 Å². The van der Waals surface area contributed by atoms with E-state index in [4.69, 9.17) is 4.74 Å². The third kappa shape index (κ3) is 7.39. The summed E-state index contributed by atoms with van der Waals surface area (Å²) >= 11 is 0. The normalized spacial score (nSPS) is 9.89. The predicted molar refractivity (Wildman–Crippen MR) is 84.8 cm³/mol. The fourth-order valence-corrected chi connectivity index (χ4v) is 1.73. The Hall–Kier alpha value is -1.64. The van der Waals surface area contributed by atoms with Crippen molar-refractivity contribution in [1.29, 1.82) is 0 Å². The molecule has 19 heavy (non-hydrogen) atoms. The van der Waals surface area contributed by atoms with Gasteiger partial charge in [0, 0.05) is 5.56 Å². The average Bonchev–Trinajstić information content (AvgIpc) is 2.36. The molecule has 1 nitrogen and oxygen atoms in total. The van der Waals surface area contributed by atoms with Gasteiger partial charge in [-0.2, -0.15) is 0 Å². The molecule has 0 unspecified atom stereocenters. The van der Waals surface area contributed by atoms with Gasteiger partial charge < -0.3 is 4.74 Å². The number of benzene rings is 1. The second-order valence-corrected chi connectivity index (χ2v) is 10.2. The molecule has 0 aromatic heterocycles. The summed E-state index contributed by atoms with van der Waals surface area (Å²) in [6.45, 7) is 9.57. The highest BCUT2D eigenvalue weighted by atomic mass is 28.3. The minimum atomic E-state index is -1.31. The highest BCUT2D eigenvalue weighted by Gasteiger charge is 2.06. The van der Waals surface area contributed by atoms with E-state index < -0.39 is 8.07 Å². The zero-order chi connectivity index (χ0) is 14.1. The Labute approximate surface area is 118 Å². The lowest BCUT2D eigenvalue weighted by Crippen LogP contribution is -2.16. The second-order valence-electron chi connectivity index (χ2n) is 5.48. The lowest BCUT2D eigenvalue weighted by Gasteiger charge is -2.04. The van der Waals surface area contributed by atoms with Crippen molar-refractivity contribution in [2.24, 2.45) is 0 Å². The molecule has 1 aromatic rings. The number of rotatable bonds is 4. The van der Waals surface area contributed by atoms with Crippen LogP contribution in [0, 0.1) is 23.3 Å². The predicted octanol–water partition coefficient (Wildman–Crippen LogP) is 4.10. The monoisotopic (exact) mass is 270 g/mol. The van der Waals surface area contributed by atoms with E-state index in [1.54, 1.807) is 0 Å². The third-order valence-electron chi connectivity index (χ3n) is 2.33. The first-order valence-corrected chi connectivity index (χ1v) is 10.3. The van der Waals surface area contributed by atoms with Crippen molar-refractivity contribution in [1.82, 2.24) is 0 Å². The fraction of sp³-hybridized carbons (Fsp3) is 0.412. The van der Waals surface area contributed by atoms with E-state index in [0.717, 1.165) is 30.8 Å². The zero-order valence-electron chi connectivity index (χ0n) is 12.3. The van der Waals surface area contributed by atoms with Crippen molar-refractivity contribution in [2.75, 3.05) is 6.61 Å². The van der Waals surface area contributed by atoms with Gasteiger partial charge in [-0.1, -0.05) is 38.9 Å². The van der Waals surface area contributed by atoms with Gasteiger partial charge in [0.15, 0.2) is 0 Å². The van der Waals surface area contributed by atoms with E-state index in [2.05, 4.69) is 49.9 Å². The fourth-order valence-electron chi connectivity index (χ4n) is 1.29. The van der Waals surface area contributed by atoms with Gasteiger partial charge in [-0.3, -0.25) is 0 Å². The van der Waals surface area contributed by atoms with Crippen LogP contribution in [0.2, 0.25) is 19.6 Å². The summed E-state index contributed by atoms with van der Waals surface area (Å²) < 4.78 is 5.60. The van der Waals surface area contributed by atoms with Crippen molar-refractivity contribution in [3.63, 3.8) is 0 Å². The molecule has 100 valence electrons. The second kappa shape index (κ2) is 7.72. The Kier molecular flexibility index (Phi) is 6.26. The molecule has 0 aliphatic rings. The van der Waals surface area contributed by atoms with Crippen LogP contribution in [0.15, 0.2) is 24.3 Å². The van der Waals surface area contributed by atoms with Crippen LogP contribution in [0.1, 0.15) is 25.3 Å². The van der Waals surface area contributed by atoms with E-state index in [-0.39, 0.29) is 0 Å². The molecule has 0 spiro atoms. The first-order chi connectivity index (χ1) is 9.01. The molecule has 0 saturated heterocycles. The molecule has 0 radical (unpaired) electrons. The zero-order valence-corrected chi connectivity index (χ0v) is 13.3. The van der Waals surface area contributed by atoms with Crippen molar-refractivity contribution in [2.45, 2.75) is 39.4 Å². The molecule has 0 aliphatic heterocycles. The summed E-state index contributed by atoms with van der Waals surface area (Å²) in [6, 6.07) is 7.88. The Balaban J connectivity index is 2.57. The summed E-state index contributed by atoms with van der Waals surface area (Å²) in [5.74, 6) is 9.83. The smallest absolute Gasteiger partial charge is 0.130 e. The van der Waals surface area contributed by atoms with E-state index in [1.807, 2.05) is 24.3 Å². The first kappa shape index (κ1) is 15.4. The molecule has 1 rings (SSSR count). The van der Waals surface area contributed by atoms with Gasteiger partial charge in [0.25, 0.3) is 0 Å². The number of ether oxygens (including phenoxy) is 1. The van der Waals surface area contributed by atoms with Crippen molar-refractivity contribution in [3.05, 3.63) is 29.8 Å². The van der Waals surface area contributed by atoms with Crippen LogP contribution in [0.25, 0.3) is 0 Å². The number of hydrogen-bond acceptors (Lipinski definition) is 1. The van der Waals surface area contributed by atoms with Gasteiger partial charge in [-0.15, -0.1) is 5.54 Å². The molecule has 1 aromatic carbocycles. The summed E-state index contributed by atoms with van der Waals surface area (Å²) in [7, 11) is -1.31. The highest BCUT2D eigenvalue weighted by molar-refractivity contribution is 6.83. The van der Waals surface area contributed by atoms with Crippen LogP contribution in [0.5, 0.6) is 5.75 Å². The van der Waals surface area contributed by atoms with E-state index in [0.29, 0.717) is 0 Å². The maximum absolute atomic E-state index is 5.60. The van der Waals surface area contributed by atoms with Crippen LogP contribution < -0.4 is 4.74 Å². The van der Waals surface area contributed by atoms with Gasteiger partial charge in [0.1, 0.15) is 13.8 Å². The summed E-state index contributed by atoms with van der Waals surface area (Å²) in [4.78, 5) is 0. The molecular formula is C17H22OSi. The van der Waals surface area contributed by atoms with E-state index >= 15 is 0 Å². The quantitative estimate of drug-likeness (QED) is 0.455. The van der Waals surface area contributed by atoms with E-state index in [9.17, 15) is 0 Å². The molecule has 0 saturated carbocycles. The Bertz CT molecular complexity index is 501. The number of unbranched alkanes of at least 4 members (excludes halogenated alkanes) is 1.